The van der Waals surface area contributed by atoms with Crippen LogP contribution in [0.4, 0.5) is 5.69 Å². The van der Waals surface area contributed by atoms with Crippen molar-refractivity contribution >= 4 is 35.0 Å². The number of allylic oxidation sites excluding steroid dienone is 1. The molecule has 1 amide bonds. The van der Waals surface area contributed by atoms with Gasteiger partial charge in [0.2, 0.25) is 5.91 Å². The third-order valence-corrected chi connectivity index (χ3v) is 6.78. The Morgan fingerprint density at radius 3 is 2.64 bits per heavy atom. The normalized spacial score (nSPS) is 19.5. The molecule has 1 unspecified atom stereocenters. The summed E-state index contributed by atoms with van der Waals surface area (Å²) in [6.45, 7) is 2.60. The number of fused-ring (bicyclic) bond motifs is 1. The number of halogens is 1. The van der Waals surface area contributed by atoms with Crippen LogP contribution in [-0.4, -0.2) is 23.4 Å². The molecule has 2 heterocycles. The largest absolute Gasteiger partial charge is 0.344 e. The van der Waals surface area contributed by atoms with Crippen LogP contribution in [0.3, 0.4) is 0 Å². The number of nitrogens with zero attached hydrogens (tertiary/aromatic N) is 3. The van der Waals surface area contributed by atoms with Gasteiger partial charge in [-0.15, -0.1) is 0 Å². The van der Waals surface area contributed by atoms with Gasteiger partial charge in [-0.05, 0) is 35.7 Å². The number of carbonyl (C=O) groups is 1. The molecule has 2 aliphatic heterocycles. The topological polar surface area (TPSA) is 47.3 Å². The van der Waals surface area contributed by atoms with Crippen LogP contribution in [0.5, 0.6) is 0 Å². The predicted octanol–water partition coefficient (Wildman–Crippen LogP) is 5.12. The average molecular weight is 410 g/mol. The van der Waals surface area contributed by atoms with Crippen LogP contribution in [0.25, 0.3) is 0 Å². The Bertz CT molecular complexity index is 980. The fraction of sp³-hybridized carbons (Fsp3) is 0.273. The highest BCUT2D eigenvalue weighted by atomic mass is 35.5. The average Bonchev–Trinajstić information content (AvgIpc) is 2.74. The summed E-state index contributed by atoms with van der Waals surface area (Å²) in [5.41, 5.74) is 3.86. The van der Waals surface area contributed by atoms with E-state index in [9.17, 15) is 10.1 Å². The Morgan fingerprint density at radius 2 is 1.96 bits per heavy atom. The number of nitriles is 1. The zero-order valence-electron chi connectivity index (χ0n) is 15.6. The van der Waals surface area contributed by atoms with Gasteiger partial charge < -0.3 is 4.90 Å². The van der Waals surface area contributed by atoms with Crippen molar-refractivity contribution in [3.63, 3.8) is 0 Å². The lowest BCUT2D eigenvalue weighted by Crippen LogP contribution is -2.47. The maximum Gasteiger partial charge on any atom is 0.229 e. The molecule has 0 saturated carbocycles. The van der Waals surface area contributed by atoms with E-state index >= 15 is 0 Å². The van der Waals surface area contributed by atoms with Crippen molar-refractivity contribution < 1.29 is 4.79 Å². The smallest absolute Gasteiger partial charge is 0.229 e. The van der Waals surface area contributed by atoms with Crippen molar-refractivity contribution in [3.05, 3.63) is 75.3 Å². The van der Waals surface area contributed by atoms with Gasteiger partial charge in [-0.3, -0.25) is 9.69 Å². The molecule has 0 bridgehead atoms. The highest BCUT2D eigenvalue weighted by Crippen LogP contribution is 2.44. The number of hydrogen-bond donors (Lipinski definition) is 0. The molecule has 0 aliphatic carbocycles. The molecule has 4 rings (SSSR count). The molecule has 4 nitrogen and oxygen atoms in total. The molecule has 142 valence electrons. The van der Waals surface area contributed by atoms with Gasteiger partial charge in [0.1, 0.15) is 0 Å². The van der Waals surface area contributed by atoms with Gasteiger partial charge in [0.25, 0.3) is 0 Å². The van der Waals surface area contributed by atoms with E-state index in [0.717, 1.165) is 22.7 Å². The highest BCUT2D eigenvalue weighted by molar-refractivity contribution is 8.03. The van der Waals surface area contributed by atoms with Gasteiger partial charge in [0.15, 0.2) is 0 Å². The summed E-state index contributed by atoms with van der Waals surface area (Å²) in [5.74, 6) is 0.451. The Hall–Kier alpha value is -2.42. The van der Waals surface area contributed by atoms with Crippen LogP contribution in [0.15, 0.2) is 59.1 Å². The number of aryl methyl sites for hydroxylation is 1. The maximum absolute atomic E-state index is 13.0. The van der Waals surface area contributed by atoms with Crippen molar-refractivity contribution in [2.75, 3.05) is 17.4 Å². The minimum absolute atomic E-state index is 0.0290. The molecule has 2 aliphatic rings. The van der Waals surface area contributed by atoms with E-state index in [0.29, 0.717) is 23.1 Å². The molecule has 2 aromatic carbocycles. The molecule has 1 fully saturated rings. The fourth-order valence-corrected chi connectivity index (χ4v) is 5.13. The third kappa shape index (κ3) is 3.39. The first-order chi connectivity index (χ1) is 13.6. The molecule has 28 heavy (non-hydrogen) atoms. The van der Waals surface area contributed by atoms with Crippen molar-refractivity contribution in [2.24, 2.45) is 0 Å². The number of carbonyl (C=O) groups excluding carboxylic acids is 1. The van der Waals surface area contributed by atoms with Crippen LogP contribution in [-0.2, 0) is 11.2 Å². The number of amides is 1. The van der Waals surface area contributed by atoms with Gasteiger partial charge in [0, 0.05) is 23.0 Å². The quantitative estimate of drug-likeness (QED) is 0.705. The number of benzene rings is 2. The fourth-order valence-electron chi connectivity index (χ4n) is 3.69. The van der Waals surface area contributed by atoms with Crippen molar-refractivity contribution in [1.29, 1.82) is 5.26 Å². The molecule has 6 heteroatoms. The molecule has 1 saturated heterocycles. The second-order valence-corrected chi connectivity index (χ2v) is 8.25. The van der Waals surface area contributed by atoms with Gasteiger partial charge in [-0.2, -0.15) is 5.26 Å². The predicted molar refractivity (Wildman–Crippen MR) is 114 cm³/mol. The summed E-state index contributed by atoms with van der Waals surface area (Å²) < 4.78 is 0. The second-order valence-electron chi connectivity index (χ2n) is 6.91. The summed E-state index contributed by atoms with van der Waals surface area (Å²) in [6.07, 6.45) is 1.26. The van der Waals surface area contributed by atoms with E-state index in [1.54, 1.807) is 16.7 Å². The van der Waals surface area contributed by atoms with Gasteiger partial charge >= 0.3 is 0 Å². The molecule has 0 aromatic heterocycles. The Morgan fingerprint density at radius 1 is 1.21 bits per heavy atom. The number of rotatable bonds is 3. The van der Waals surface area contributed by atoms with Crippen LogP contribution in [0.2, 0.25) is 5.02 Å². The number of thioether (sulfide) groups is 1. The number of hydrogen-bond acceptors (Lipinski definition) is 4. The summed E-state index contributed by atoms with van der Waals surface area (Å²) in [6, 6.07) is 18.3. The third-order valence-electron chi connectivity index (χ3n) is 5.28. The van der Waals surface area contributed by atoms with E-state index in [-0.39, 0.29) is 18.2 Å². The first-order valence-electron chi connectivity index (χ1n) is 9.28. The van der Waals surface area contributed by atoms with Crippen LogP contribution in [0, 0.1) is 11.3 Å². The van der Waals surface area contributed by atoms with E-state index in [4.69, 9.17) is 11.6 Å². The first kappa shape index (κ1) is 18.9. The second kappa shape index (κ2) is 7.90. The molecule has 1 atom stereocenters. The Balaban J connectivity index is 1.65. The van der Waals surface area contributed by atoms with E-state index in [2.05, 4.69) is 42.2 Å². The molecular weight excluding hydrogens is 390 g/mol. The molecule has 0 N–H and O–H groups in total. The molecule has 2 aromatic rings. The Labute approximate surface area is 174 Å². The van der Waals surface area contributed by atoms with Crippen LogP contribution >= 0.6 is 23.4 Å². The van der Waals surface area contributed by atoms with E-state index in [1.807, 2.05) is 24.3 Å². The monoisotopic (exact) mass is 409 g/mol. The Kier molecular flexibility index (Phi) is 5.34. The van der Waals surface area contributed by atoms with Gasteiger partial charge in [-0.1, -0.05) is 60.6 Å². The van der Waals surface area contributed by atoms with Gasteiger partial charge in [0.05, 0.1) is 29.2 Å². The van der Waals surface area contributed by atoms with Crippen molar-refractivity contribution in [1.82, 2.24) is 4.90 Å². The van der Waals surface area contributed by atoms with Crippen molar-refractivity contribution in [2.45, 2.75) is 25.7 Å². The summed E-state index contributed by atoms with van der Waals surface area (Å²) in [7, 11) is 0. The lowest BCUT2D eigenvalue weighted by molar-refractivity contribution is -0.129. The maximum atomic E-state index is 13.0. The summed E-state index contributed by atoms with van der Waals surface area (Å²) in [4.78, 5) is 16.9. The number of anilines is 1. The summed E-state index contributed by atoms with van der Waals surface area (Å²) in [5, 5.41) is 11.2. The zero-order valence-corrected chi connectivity index (χ0v) is 17.1. The molecule has 0 spiro atoms. The van der Waals surface area contributed by atoms with Crippen LogP contribution < -0.4 is 4.90 Å². The van der Waals surface area contributed by atoms with E-state index in [1.165, 1.54) is 5.56 Å². The molecular formula is C22H20ClN3OS. The van der Waals surface area contributed by atoms with Crippen molar-refractivity contribution in [3.8, 4) is 6.07 Å². The van der Waals surface area contributed by atoms with Gasteiger partial charge in [-0.25, -0.2) is 0 Å². The zero-order chi connectivity index (χ0) is 19.7. The SMILES string of the molecule is CCc1ccc(N2CSC3=C(C#N)C(c4ccccc4Cl)CC(=O)N3C2)cc1. The summed E-state index contributed by atoms with van der Waals surface area (Å²) >= 11 is 7.90. The lowest BCUT2D eigenvalue weighted by Gasteiger charge is -2.42. The minimum atomic E-state index is -0.277. The molecule has 0 radical (unpaired) electrons. The first-order valence-corrected chi connectivity index (χ1v) is 10.6. The lowest BCUT2D eigenvalue weighted by atomic mass is 9.86. The van der Waals surface area contributed by atoms with E-state index < -0.39 is 0 Å². The minimum Gasteiger partial charge on any atom is -0.344 e. The standard InChI is InChI=1S/C22H20ClN3OS/c1-2-15-7-9-16(10-8-15)25-13-26-21(27)11-18(17-5-3-4-6-20(17)23)19(12-24)22(26)28-14-25/h3-10,18H,2,11,13-14H2,1H3. The van der Waals surface area contributed by atoms with Crippen LogP contribution in [0.1, 0.15) is 30.4 Å². The highest BCUT2D eigenvalue weighted by Gasteiger charge is 2.38.